The van der Waals surface area contributed by atoms with Crippen LogP contribution in [0.1, 0.15) is 19.3 Å². The first-order valence-electron chi connectivity index (χ1n) is 7.56. The molecule has 2 saturated heterocycles. The molecule has 2 N–H and O–H groups in total. The Labute approximate surface area is 112 Å². The predicted molar refractivity (Wildman–Crippen MR) is 77.0 cm³/mol. The SMILES string of the molecule is CN1CCCC(CNCCC2CNCCN2C)C1. The number of piperazine rings is 1. The van der Waals surface area contributed by atoms with Gasteiger partial charge < -0.3 is 20.4 Å². The van der Waals surface area contributed by atoms with E-state index in [1.165, 1.54) is 45.4 Å². The molecule has 0 amide bonds. The van der Waals surface area contributed by atoms with E-state index < -0.39 is 0 Å². The van der Waals surface area contributed by atoms with E-state index in [0.29, 0.717) is 0 Å². The molecule has 0 radical (unpaired) electrons. The Kier molecular flexibility index (Phi) is 5.89. The first kappa shape index (κ1) is 14.3. The van der Waals surface area contributed by atoms with Crippen molar-refractivity contribution in [1.29, 1.82) is 0 Å². The summed E-state index contributed by atoms with van der Waals surface area (Å²) < 4.78 is 0. The highest BCUT2D eigenvalue weighted by atomic mass is 15.2. The van der Waals surface area contributed by atoms with Crippen LogP contribution in [-0.4, -0.2) is 75.8 Å². The van der Waals surface area contributed by atoms with Gasteiger partial charge in [-0.2, -0.15) is 0 Å². The summed E-state index contributed by atoms with van der Waals surface area (Å²) in [7, 11) is 4.50. The number of piperidine rings is 1. The van der Waals surface area contributed by atoms with Gasteiger partial charge in [0, 0.05) is 32.2 Å². The predicted octanol–water partition coefficient (Wildman–Crippen LogP) is 0.212. The molecule has 106 valence electrons. The van der Waals surface area contributed by atoms with Crippen molar-refractivity contribution in [2.24, 2.45) is 5.92 Å². The van der Waals surface area contributed by atoms with Crippen LogP contribution in [0.3, 0.4) is 0 Å². The largest absolute Gasteiger partial charge is 0.316 e. The zero-order valence-electron chi connectivity index (χ0n) is 12.1. The quantitative estimate of drug-likeness (QED) is 0.687. The van der Waals surface area contributed by atoms with E-state index in [0.717, 1.165) is 31.6 Å². The molecule has 2 aliphatic rings. The molecule has 2 unspecified atom stereocenters. The van der Waals surface area contributed by atoms with Gasteiger partial charge in [0.2, 0.25) is 0 Å². The molecule has 0 aromatic carbocycles. The van der Waals surface area contributed by atoms with E-state index in [-0.39, 0.29) is 0 Å². The zero-order chi connectivity index (χ0) is 12.8. The summed E-state index contributed by atoms with van der Waals surface area (Å²) in [6, 6.07) is 0.722. The third-order valence-electron chi connectivity index (χ3n) is 4.45. The van der Waals surface area contributed by atoms with Crippen molar-refractivity contribution in [3.63, 3.8) is 0 Å². The van der Waals surface area contributed by atoms with Crippen LogP contribution in [0.5, 0.6) is 0 Å². The van der Waals surface area contributed by atoms with Gasteiger partial charge in [-0.05, 0) is 58.9 Å². The fourth-order valence-corrected chi connectivity index (χ4v) is 3.20. The Morgan fingerprint density at radius 3 is 2.94 bits per heavy atom. The van der Waals surface area contributed by atoms with Crippen molar-refractivity contribution in [3.05, 3.63) is 0 Å². The van der Waals surface area contributed by atoms with Crippen LogP contribution in [0.15, 0.2) is 0 Å². The summed E-state index contributed by atoms with van der Waals surface area (Å²) in [5.74, 6) is 0.867. The number of hydrogen-bond acceptors (Lipinski definition) is 4. The molecule has 18 heavy (non-hydrogen) atoms. The molecule has 0 bridgehead atoms. The standard InChI is InChI=1S/C14H30N4/c1-17-8-3-4-13(12-17)10-15-6-5-14-11-16-7-9-18(14)2/h13-16H,3-12H2,1-2H3. The molecule has 0 saturated carbocycles. The second-order valence-electron chi connectivity index (χ2n) is 6.10. The minimum Gasteiger partial charge on any atom is -0.316 e. The molecule has 2 atom stereocenters. The van der Waals surface area contributed by atoms with E-state index in [1.54, 1.807) is 0 Å². The Balaban J connectivity index is 1.55. The highest BCUT2D eigenvalue weighted by Crippen LogP contribution is 2.13. The number of nitrogens with zero attached hydrogens (tertiary/aromatic N) is 2. The molecule has 4 nitrogen and oxygen atoms in total. The summed E-state index contributed by atoms with van der Waals surface area (Å²) >= 11 is 0. The first-order chi connectivity index (χ1) is 8.75. The van der Waals surface area contributed by atoms with Crippen molar-refractivity contribution < 1.29 is 0 Å². The van der Waals surface area contributed by atoms with Crippen molar-refractivity contribution >= 4 is 0 Å². The van der Waals surface area contributed by atoms with Gasteiger partial charge in [0.05, 0.1) is 0 Å². The minimum atomic E-state index is 0.722. The smallest absolute Gasteiger partial charge is 0.0230 e. The van der Waals surface area contributed by atoms with Gasteiger partial charge in [0.1, 0.15) is 0 Å². The average molecular weight is 254 g/mol. The summed E-state index contributed by atoms with van der Waals surface area (Å²) in [5, 5.41) is 7.15. The maximum absolute atomic E-state index is 3.66. The van der Waals surface area contributed by atoms with Gasteiger partial charge in [-0.1, -0.05) is 0 Å². The second kappa shape index (κ2) is 7.43. The van der Waals surface area contributed by atoms with Crippen LogP contribution >= 0.6 is 0 Å². The van der Waals surface area contributed by atoms with Gasteiger partial charge in [-0.15, -0.1) is 0 Å². The average Bonchev–Trinajstić information content (AvgIpc) is 2.37. The monoisotopic (exact) mass is 254 g/mol. The maximum atomic E-state index is 3.66. The fraction of sp³-hybridized carbons (Fsp3) is 1.00. The molecule has 2 fully saturated rings. The van der Waals surface area contributed by atoms with E-state index in [9.17, 15) is 0 Å². The summed E-state index contributed by atoms with van der Waals surface area (Å²) in [4.78, 5) is 4.96. The minimum absolute atomic E-state index is 0.722. The summed E-state index contributed by atoms with van der Waals surface area (Å²) in [6.07, 6.45) is 4.05. The van der Waals surface area contributed by atoms with Crippen LogP contribution in [0.25, 0.3) is 0 Å². The topological polar surface area (TPSA) is 30.5 Å². The lowest BCUT2D eigenvalue weighted by Crippen LogP contribution is -2.50. The Morgan fingerprint density at radius 2 is 2.17 bits per heavy atom. The first-order valence-corrected chi connectivity index (χ1v) is 7.56. The molecule has 0 aromatic rings. The van der Waals surface area contributed by atoms with Gasteiger partial charge in [0.15, 0.2) is 0 Å². The normalized spacial score (nSPS) is 31.7. The third kappa shape index (κ3) is 4.50. The summed E-state index contributed by atoms with van der Waals surface area (Å²) in [5.41, 5.74) is 0. The number of hydrogen-bond donors (Lipinski definition) is 2. The van der Waals surface area contributed by atoms with Gasteiger partial charge in [-0.3, -0.25) is 0 Å². The van der Waals surface area contributed by atoms with E-state index >= 15 is 0 Å². The van der Waals surface area contributed by atoms with Crippen LogP contribution in [0.4, 0.5) is 0 Å². The molecule has 4 heteroatoms. The maximum Gasteiger partial charge on any atom is 0.0230 e. The number of rotatable bonds is 5. The molecule has 0 aliphatic carbocycles. The van der Waals surface area contributed by atoms with Crippen molar-refractivity contribution in [2.75, 3.05) is 59.9 Å². The van der Waals surface area contributed by atoms with Gasteiger partial charge >= 0.3 is 0 Å². The molecule has 2 heterocycles. The van der Waals surface area contributed by atoms with E-state index in [1.807, 2.05) is 0 Å². The van der Waals surface area contributed by atoms with E-state index in [4.69, 9.17) is 0 Å². The van der Waals surface area contributed by atoms with Crippen LogP contribution < -0.4 is 10.6 Å². The molecular formula is C14H30N4. The molecule has 2 rings (SSSR count). The third-order valence-corrected chi connectivity index (χ3v) is 4.45. The van der Waals surface area contributed by atoms with E-state index in [2.05, 4.69) is 34.5 Å². The molecular weight excluding hydrogens is 224 g/mol. The molecule has 0 spiro atoms. The lowest BCUT2D eigenvalue weighted by Gasteiger charge is -2.33. The van der Waals surface area contributed by atoms with Crippen LogP contribution in [0.2, 0.25) is 0 Å². The molecule has 0 aromatic heterocycles. The number of likely N-dealkylation sites (tertiary alicyclic amines) is 1. The van der Waals surface area contributed by atoms with Gasteiger partial charge in [-0.25, -0.2) is 0 Å². The second-order valence-corrected chi connectivity index (χ2v) is 6.10. The Hall–Kier alpha value is -0.160. The van der Waals surface area contributed by atoms with Crippen LogP contribution in [0, 0.1) is 5.92 Å². The number of likely N-dealkylation sites (N-methyl/N-ethyl adjacent to an activating group) is 1. The molecule has 2 aliphatic heterocycles. The fourth-order valence-electron chi connectivity index (χ4n) is 3.20. The lowest BCUT2D eigenvalue weighted by atomic mass is 9.98. The lowest BCUT2D eigenvalue weighted by molar-refractivity contribution is 0.184. The summed E-state index contributed by atoms with van der Waals surface area (Å²) in [6.45, 7) is 8.43. The highest BCUT2D eigenvalue weighted by molar-refractivity contribution is 4.78. The Morgan fingerprint density at radius 1 is 1.28 bits per heavy atom. The zero-order valence-corrected chi connectivity index (χ0v) is 12.1. The van der Waals surface area contributed by atoms with Gasteiger partial charge in [0.25, 0.3) is 0 Å². The van der Waals surface area contributed by atoms with Crippen LogP contribution in [-0.2, 0) is 0 Å². The van der Waals surface area contributed by atoms with Crippen molar-refractivity contribution in [3.8, 4) is 0 Å². The Bertz CT molecular complexity index is 234. The number of nitrogens with one attached hydrogen (secondary N) is 2. The van der Waals surface area contributed by atoms with Crippen molar-refractivity contribution in [1.82, 2.24) is 20.4 Å². The van der Waals surface area contributed by atoms with Crippen molar-refractivity contribution in [2.45, 2.75) is 25.3 Å². The highest BCUT2D eigenvalue weighted by Gasteiger charge is 2.19.